The van der Waals surface area contributed by atoms with Crippen molar-refractivity contribution in [3.8, 4) is 0 Å². The zero-order valence-electron chi connectivity index (χ0n) is 9.01. The number of benzene rings is 1. The zero-order chi connectivity index (χ0) is 11.4. The van der Waals surface area contributed by atoms with Crippen molar-refractivity contribution in [3.63, 3.8) is 0 Å². The monoisotopic (exact) mass is 227 g/mol. The van der Waals surface area contributed by atoms with E-state index in [9.17, 15) is 8.78 Å². The van der Waals surface area contributed by atoms with Gasteiger partial charge in [0.05, 0.1) is 13.2 Å². The lowest BCUT2D eigenvalue weighted by molar-refractivity contribution is 0.0904. The van der Waals surface area contributed by atoms with E-state index in [0.29, 0.717) is 18.1 Å². The van der Waals surface area contributed by atoms with Crippen LogP contribution in [0.15, 0.2) is 18.2 Å². The van der Waals surface area contributed by atoms with Gasteiger partial charge in [0.15, 0.2) is 0 Å². The van der Waals surface area contributed by atoms with Gasteiger partial charge in [-0.25, -0.2) is 8.78 Å². The van der Waals surface area contributed by atoms with Crippen LogP contribution in [-0.2, 0) is 11.3 Å². The van der Waals surface area contributed by atoms with Crippen molar-refractivity contribution in [1.29, 1.82) is 0 Å². The van der Waals surface area contributed by atoms with Crippen LogP contribution in [0, 0.1) is 17.6 Å². The Kier molecular flexibility index (Phi) is 3.85. The fraction of sp³-hybridized carbons (Fsp3) is 0.500. The average molecular weight is 227 g/mol. The van der Waals surface area contributed by atoms with E-state index in [-0.39, 0.29) is 6.61 Å². The predicted octanol–water partition coefficient (Wildman–Crippen LogP) is 2.09. The summed E-state index contributed by atoms with van der Waals surface area (Å²) in [5.74, 6) is -0.575. The van der Waals surface area contributed by atoms with E-state index in [0.717, 1.165) is 25.6 Å². The lowest BCUT2D eigenvalue weighted by Gasteiger charge is -2.09. The molecular weight excluding hydrogens is 212 g/mol. The normalized spacial score (nSPS) is 20.2. The Morgan fingerprint density at radius 3 is 2.94 bits per heavy atom. The van der Waals surface area contributed by atoms with Gasteiger partial charge in [0.2, 0.25) is 0 Å². The smallest absolute Gasteiger partial charge is 0.131 e. The Labute approximate surface area is 93.6 Å². The summed E-state index contributed by atoms with van der Waals surface area (Å²) >= 11 is 0. The highest BCUT2D eigenvalue weighted by molar-refractivity contribution is 5.17. The fourth-order valence-corrected chi connectivity index (χ4v) is 1.83. The summed E-state index contributed by atoms with van der Waals surface area (Å²) in [5.41, 5.74) is 0.410. The van der Waals surface area contributed by atoms with E-state index in [2.05, 4.69) is 5.32 Å². The third-order valence-corrected chi connectivity index (χ3v) is 2.79. The molecule has 0 aliphatic carbocycles. The maximum Gasteiger partial charge on any atom is 0.131 e. The number of rotatable bonds is 4. The second-order valence-electron chi connectivity index (χ2n) is 4.11. The van der Waals surface area contributed by atoms with E-state index in [4.69, 9.17) is 4.74 Å². The molecule has 1 unspecified atom stereocenters. The van der Waals surface area contributed by atoms with Crippen LogP contribution in [0.1, 0.15) is 12.0 Å². The lowest BCUT2D eigenvalue weighted by atomic mass is 10.1. The van der Waals surface area contributed by atoms with Crippen LogP contribution in [0.5, 0.6) is 0 Å². The quantitative estimate of drug-likeness (QED) is 0.850. The van der Waals surface area contributed by atoms with E-state index >= 15 is 0 Å². The van der Waals surface area contributed by atoms with Crippen LogP contribution < -0.4 is 5.32 Å². The minimum atomic E-state index is -0.554. The second kappa shape index (κ2) is 5.37. The van der Waals surface area contributed by atoms with Gasteiger partial charge in [-0.1, -0.05) is 6.07 Å². The molecule has 1 aliphatic rings. The first kappa shape index (κ1) is 11.5. The first-order valence-electron chi connectivity index (χ1n) is 5.48. The van der Waals surface area contributed by atoms with Crippen molar-refractivity contribution in [2.24, 2.45) is 5.92 Å². The van der Waals surface area contributed by atoms with E-state index < -0.39 is 11.6 Å². The second-order valence-corrected chi connectivity index (χ2v) is 4.11. The van der Waals surface area contributed by atoms with Crippen molar-refractivity contribution in [1.82, 2.24) is 5.32 Å². The van der Waals surface area contributed by atoms with Gasteiger partial charge in [-0.15, -0.1) is 0 Å². The molecule has 0 aromatic heterocycles. The molecule has 0 bridgehead atoms. The van der Waals surface area contributed by atoms with Gasteiger partial charge < -0.3 is 10.1 Å². The molecule has 88 valence electrons. The van der Waals surface area contributed by atoms with Gasteiger partial charge in [0.25, 0.3) is 0 Å². The average Bonchev–Trinajstić information content (AvgIpc) is 2.74. The molecule has 0 saturated carbocycles. The molecule has 1 atom stereocenters. The van der Waals surface area contributed by atoms with Crippen molar-refractivity contribution < 1.29 is 13.5 Å². The van der Waals surface area contributed by atoms with E-state index in [1.165, 1.54) is 12.1 Å². The standard InChI is InChI=1S/C12H15F2NO/c13-11-2-1-10(12(14)5-11)8-16-7-9-3-4-15-6-9/h1-2,5,9,15H,3-4,6-8H2. The van der Waals surface area contributed by atoms with Gasteiger partial charge in [-0.3, -0.25) is 0 Å². The van der Waals surface area contributed by atoms with Gasteiger partial charge in [-0.05, 0) is 24.9 Å². The Morgan fingerprint density at radius 1 is 1.38 bits per heavy atom. The third kappa shape index (κ3) is 3.00. The molecule has 1 heterocycles. The molecule has 1 aliphatic heterocycles. The zero-order valence-corrected chi connectivity index (χ0v) is 9.01. The Morgan fingerprint density at radius 2 is 2.25 bits per heavy atom. The van der Waals surface area contributed by atoms with Crippen LogP contribution >= 0.6 is 0 Å². The number of halogens is 2. The van der Waals surface area contributed by atoms with Gasteiger partial charge in [0.1, 0.15) is 11.6 Å². The minimum Gasteiger partial charge on any atom is -0.376 e. The topological polar surface area (TPSA) is 21.3 Å². The molecule has 2 nitrogen and oxygen atoms in total. The molecule has 1 aromatic carbocycles. The predicted molar refractivity (Wildman–Crippen MR) is 57.0 cm³/mol. The molecule has 1 aromatic rings. The molecule has 1 N–H and O–H groups in total. The largest absolute Gasteiger partial charge is 0.376 e. The van der Waals surface area contributed by atoms with Crippen LogP contribution in [0.25, 0.3) is 0 Å². The van der Waals surface area contributed by atoms with Gasteiger partial charge >= 0.3 is 0 Å². The first-order valence-corrected chi connectivity index (χ1v) is 5.48. The molecule has 1 fully saturated rings. The number of hydrogen-bond acceptors (Lipinski definition) is 2. The SMILES string of the molecule is Fc1ccc(COCC2CCNC2)c(F)c1. The Hall–Kier alpha value is -1.00. The van der Waals surface area contributed by atoms with Gasteiger partial charge in [0, 0.05) is 18.2 Å². The molecular formula is C12H15F2NO. The molecule has 0 radical (unpaired) electrons. The summed E-state index contributed by atoms with van der Waals surface area (Å²) in [6.45, 7) is 2.83. The van der Waals surface area contributed by atoms with Crippen LogP contribution in [0.3, 0.4) is 0 Å². The van der Waals surface area contributed by atoms with Gasteiger partial charge in [-0.2, -0.15) is 0 Å². The summed E-state index contributed by atoms with van der Waals surface area (Å²) in [6.07, 6.45) is 1.10. The first-order chi connectivity index (χ1) is 7.75. The molecule has 4 heteroatoms. The number of ether oxygens (including phenoxy) is 1. The highest BCUT2D eigenvalue weighted by Crippen LogP contribution is 2.13. The maximum atomic E-state index is 13.2. The minimum absolute atomic E-state index is 0.211. The highest BCUT2D eigenvalue weighted by atomic mass is 19.1. The summed E-state index contributed by atoms with van der Waals surface area (Å²) in [6, 6.07) is 3.56. The maximum absolute atomic E-state index is 13.2. The Bertz CT molecular complexity index is 351. The van der Waals surface area contributed by atoms with E-state index in [1.807, 2.05) is 0 Å². The molecule has 2 rings (SSSR count). The molecule has 0 amide bonds. The fourth-order valence-electron chi connectivity index (χ4n) is 1.83. The summed E-state index contributed by atoms with van der Waals surface area (Å²) in [5, 5.41) is 3.24. The van der Waals surface area contributed by atoms with Crippen molar-refractivity contribution in [2.45, 2.75) is 13.0 Å². The van der Waals surface area contributed by atoms with E-state index in [1.54, 1.807) is 0 Å². The van der Waals surface area contributed by atoms with Crippen LogP contribution in [-0.4, -0.2) is 19.7 Å². The number of nitrogens with one attached hydrogen (secondary N) is 1. The molecule has 0 spiro atoms. The lowest BCUT2D eigenvalue weighted by Crippen LogP contribution is -2.14. The summed E-state index contributed by atoms with van der Waals surface area (Å²) < 4.78 is 31.3. The summed E-state index contributed by atoms with van der Waals surface area (Å²) in [7, 11) is 0. The van der Waals surface area contributed by atoms with Crippen LogP contribution in [0.2, 0.25) is 0 Å². The van der Waals surface area contributed by atoms with Crippen molar-refractivity contribution >= 4 is 0 Å². The summed E-state index contributed by atoms with van der Waals surface area (Å²) in [4.78, 5) is 0. The third-order valence-electron chi connectivity index (χ3n) is 2.79. The Balaban J connectivity index is 1.80. The van der Waals surface area contributed by atoms with Crippen molar-refractivity contribution in [3.05, 3.63) is 35.4 Å². The number of hydrogen-bond donors (Lipinski definition) is 1. The molecule has 16 heavy (non-hydrogen) atoms. The van der Waals surface area contributed by atoms with Crippen LogP contribution in [0.4, 0.5) is 8.78 Å². The van der Waals surface area contributed by atoms with Crippen molar-refractivity contribution in [2.75, 3.05) is 19.7 Å². The highest BCUT2D eigenvalue weighted by Gasteiger charge is 2.14. The molecule has 1 saturated heterocycles.